The van der Waals surface area contributed by atoms with Gasteiger partial charge < -0.3 is 14.6 Å². The predicted molar refractivity (Wildman–Crippen MR) is 128 cm³/mol. The molecular weight excluding hydrogens is 446 g/mol. The summed E-state index contributed by atoms with van der Waals surface area (Å²) in [6, 6.07) is 12.6. The number of carbonyl (C=O) groups is 2. The number of oxazole rings is 1. The number of aromatic nitrogens is 1. The molecule has 8 heteroatoms. The predicted octanol–water partition coefficient (Wildman–Crippen LogP) is 5.08. The van der Waals surface area contributed by atoms with E-state index in [1.807, 2.05) is 44.2 Å². The van der Waals surface area contributed by atoms with Crippen LogP contribution in [0.4, 0.5) is 5.69 Å². The molecule has 1 fully saturated rings. The highest BCUT2D eigenvalue weighted by atomic mass is 35.5. The van der Waals surface area contributed by atoms with Gasteiger partial charge in [0.05, 0.1) is 12.1 Å². The number of thioether (sulfide) groups is 1. The van der Waals surface area contributed by atoms with Crippen LogP contribution in [0, 0.1) is 13.8 Å². The zero-order valence-electron chi connectivity index (χ0n) is 17.9. The summed E-state index contributed by atoms with van der Waals surface area (Å²) in [5.41, 5.74) is 3.90. The summed E-state index contributed by atoms with van der Waals surface area (Å²) in [6.07, 6.45) is 2.25. The maximum atomic E-state index is 12.8. The molecule has 32 heavy (non-hydrogen) atoms. The Morgan fingerprint density at radius 2 is 1.97 bits per heavy atom. The molecule has 0 saturated carbocycles. The SMILES string of the molecule is Cc1ccc(NC(=O)C2CSCN2C(=O)CCc2ncc(-c3ccc(Cl)cc3)o2)cc1C. The number of anilines is 1. The molecule has 6 nitrogen and oxygen atoms in total. The van der Waals surface area contributed by atoms with Gasteiger partial charge in [0.2, 0.25) is 11.8 Å². The molecule has 166 valence electrons. The third-order valence-corrected chi connectivity index (χ3v) is 6.78. The van der Waals surface area contributed by atoms with E-state index < -0.39 is 6.04 Å². The third kappa shape index (κ3) is 5.16. The van der Waals surface area contributed by atoms with Gasteiger partial charge in [0.1, 0.15) is 6.04 Å². The summed E-state index contributed by atoms with van der Waals surface area (Å²) in [5, 5.41) is 3.60. The lowest BCUT2D eigenvalue weighted by molar-refractivity contribution is -0.136. The van der Waals surface area contributed by atoms with E-state index in [1.54, 1.807) is 35.0 Å². The Labute approximate surface area is 196 Å². The Balaban J connectivity index is 1.35. The van der Waals surface area contributed by atoms with Gasteiger partial charge in [-0.2, -0.15) is 0 Å². The van der Waals surface area contributed by atoms with Crippen LogP contribution in [-0.4, -0.2) is 39.4 Å². The van der Waals surface area contributed by atoms with Crippen molar-refractivity contribution >= 4 is 40.9 Å². The lowest BCUT2D eigenvalue weighted by Crippen LogP contribution is -2.44. The molecule has 2 amide bonds. The van der Waals surface area contributed by atoms with Crippen molar-refractivity contribution in [3.63, 3.8) is 0 Å². The van der Waals surface area contributed by atoms with Crippen molar-refractivity contribution in [3.8, 4) is 11.3 Å². The minimum atomic E-state index is -0.483. The summed E-state index contributed by atoms with van der Waals surface area (Å²) in [7, 11) is 0. The molecule has 0 bridgehead atoms. The first-order valence-corrected chi connectivity index (χ1v) is 11.9. The summed E-state index contributed by atoms with van der Waals surface area (Å²) in [5.74, 6) is 1.97. The first-order chi connectivity index (χ1) is 15.4. The van der Waals surface area contributed by atoms with Crippen LogP contribution < -0.4 is 5.32 Å². The number of amides is 2. The van der Waals surface area contributed by atoms with Crippen LogP contribution in [0.2, 0.25) is 5.02 Å². The molecule has 2 aromatic carbocycles. The van der Waals surface area contributed by atoms with Crippen LogP contribution in [0.3, 0.4) is 0 Å². The van der Waals surface area contributed by atoms with Gasteiger partial charge in [-0.15, -0.1) is 11.8 Å². The summed E-state index contributed by atoms with van der Waals surface area (Å²) in [4.78, 5) is 31.6. The Hall–Kier alpha value is -2.77. The fourth-order valence-electron chi connectivity index (χ4n) is 3.48. The van der Waals surface area contributed by atoms with Crippen molar-refractivity contribution in [2.75, 3.05) is 16.9 Å². The highest BCUT2D eigenvalue weighted by Gasteiger charge is 2.34. The molecule has 0 radical (unpaired) electrons. The van der Waals surface area contributed by atoms with Crippen molar-refractivity contribution in [1.82, 2.24) is 9.88 Å². The van der Waals surface area contributed by atoms with Crippen LogP contribution in [0.15, 0.2) is 53.1 Å². The fourth-order valence-corrected chi connectivity index (χ4v) is 4.79. The van der Waals surface area contributed by atoms with E-state index in [-0.39, 0.29) is 18.2 Å². The van der Waals surface area contributed by atoms with Crippen LogP contribution >= 0.6 is 23.4 Å². The van der Waals surface area contributed by atoms with Gasteiger partial charge in [-0.3, -0.25) is 9.59 Å². The molecule has 1 N–H and O–H groups in total. The number of hydrogen-bond donors (Lipinski definition) is 1. The Morgan fingerprint density at radius 1 is 1.19 bits per heavy atom. The van der Waals surface area contributed by atoms with Gasteiger partial charge in [0.15, 0.2) is 11.7 Å². The first kappa shape index (κ1) is 22.4. The molecule has 1 atom stereocenters. The van der Waals surface area contributed by atoms with E-state index in [1.165, 1.54) is 5.56 Å². The lowest BCUT2D eigenvalue weighted by atomic mass is 10.1. The van der Waals surface area contributed by atoms with Gasteiger partial charge in [-0.25, -0.2) is 4.98 Å². The average molecular weight is 470 g/mol. The molecule has 1 saturated heterocycles. The number of rotatable bonds is 6. The van der Waals surface area contributed by atoms with Crippen molar-refractivity contribution in [1.29, 1.82) is 0 Å². The van der Waals surface area contributed by atoms with Crippen molar-refractivity contribution in [3.05, 3.63) is 70.7 Å². The molecule has 0 spiro atoms. The zero-order valence-corrected chi connectivity index (χ0v) is 19.5. The highest BCUT2D eigenvalue weighted by molar-refractivity contribution is 7.99. The first-order valence-electron chi connectivity index (χ1n) is 10.4. The number of aryl methyl sites for hydroxylation is 3. The molecule has 2 heterocycles. The minimum Gasteiger partial charge on any atom is -0.441 e. The van der Waals surface area contributed by atoms with Gasteiger partial charge >= 0.3 is 0 Å². The average Bonchev–Trinajstić information content (AvgIpc) is 3.45. The van der Waals surface area contributed by atoms with Gasteiger partial charge in [-0.1, -0.05) is 17.7 Å². The molecule has 1 aliphatic heterocycles. The molecule has 3 aromatic rings. The molecular formula is C24H24ClN3O3S. The summed E-state index contributed by atoms with van der Waals surface area (Å²) >= 11 is 7.51. The van der Waals surface area contributed by atoms with Gasteiger partial charge in [0, 0.05) is 34.9 Å². The van der Waals surface area contributed by atoms with Crippen molar-refractivity contribution in [2.24, 2.45) is 0 Å². The Morgan fingerprint density at radius 3 is 2.72 bits per heavy atom. The van der Waals surface area contributed by atoms with E-state index in [4.69, 9.17) is 16.0 Å². The van der Waals surface area contributed by atoms with Crippen molar-refractivity contribution < 1.29 is 14.0 Å². The van der Waals surface area contributed by atoms with Crippen molar-refractivity contribution in [2.45, 2.75) is 32.7 Å². The normalized spacial score (nSPS) is 15.7. The topological polar surface area (TPSA) is 75.4 Å². The minimum absolute atomic E-state index is 0.0820. The maximum absolute atomic E-state index is 12.8. The molecule has 1 aliphatic rings. The van der Waals surface area contributed by atoms with E-state index in [0.29, 0.717) is 34.7 Å². The second kappa shape index (κ2) is 9.79. The number of benzene rings is 2. The number of hydrogen-bond acceptors (Lipinski definition) is 5. The van der Waals surface area contributed by atoms with Gasteiger partial charge in [0.25, 0.3) is 0 Å². The quantitative estimate of drug-likeness (QED) is 0.544. The van der Waals surface area contributed by atoms with E-state index in [0.717, 1.165) is 16.8 Å². The second-order valence-corrected chi connectivity index (χ2v) is 9.23. The molecule has 4 rings (SSSR count). The number of carbonyl (C=O) groups excluding carboxylic acids is 2. The fraction of sp³-hybridized carbons (Fsp3) is 0.292. The number of nitrogens with one attached hydrogen (secondary N) is 1. The van der Waals surface area contributed by atoms with Crippen LogP contribution in [-0.2, 0) is 16.0 Å². The Kier molecular flexibility index (Phi) is 6.86. The lowest BCUT2D eigenvalue weighted by Gasteiger charge is -2.23. The van der Waals surface area contributed by atoms with E-state index in [9.17, 15) is 9.59 Å². The van der Waals surface area contributed by atoms with Crippen LogP contribution in [0.1, 0.15) is 23.4 Å². The Bertz CT molecular complexity index is 1130. The second-order valence-electron chi connectivity index (χ2n) is 7.79. The van der Waals surface area contributed by atoms with Crippen LogP contribution in [0.25, 0.3) is 11.3 Å². The molecule has 1 unspecified atom stereocenters. The zero-order chi connectivity index (χ0) is 22.7. The van der Waals surface area contributed by atoms with E-state index in [2.05, 4.69) is 10.3 Å². The monoisotopic (exact) mass is 469 g/mol. The largest absolute Gasteiger partial charge is 0.441 e. The maximum Gasteiger partial charge on any atom is 0.248 e. The van der Waals surface area contributed by atoms with E-state index >= 15 is 0 Å². The number of halogens is 1. The number of nitrogens with zero attached hydrogens (tertiary/aromatic N) is 2. The summed E-state index contributed by atoms with van der Waals surface area (Å²) < 4.78 is 5.79. The van der Waals surface area contributed by atoms with Crippen LogP contribution in [0.5, 0.6) is 0 Å². The standard InChI is InChI=1S/C24H24ClN3O3S/c1-15-3-8-19(11-16(15)2)27-24(30)20-13-32-14-28(20)23(29)10-9-22-26-12-21(31-22)17-4-6-18(25)7-5-17/h3-8,11-12,20H,9-10,13-14H2,1-2H3,(H,27,30). The highest BCUT2D eigenvalue weighted by Crippen LogP contribution is 2.25. The summed E-state index contributed by atoms with van der Waals surface area (Å²) in [6.45, 7) is 4.04. The smallest absolute Gasteiger partial charge is 0.248 e. The third-order valence-electron chi connectivity index (χ3n) is 5.51. The molecule has 1 aromatic heterocycles. The molecule has 0 aliphatic carbocycles. The van der Waals surface area contributed by atoms with Gasteiger partial charge in [-0.05, 0) is 61.4 Å².